The van der Waals surface area contributed by atoms with Gasteiger partial charge >= 0.3 is 5.97 Å². The molecule has 3 rings (SSSR count). The molecule has 0 aromatic heterocycles. The summed E-state index contributed by atoms with van der Waals surface area (Å²) in [4.78, 5) is 11.2. The van der Waals surface area contributed by atoms with Crippen molar-refractivity contribution in [3.63, 3.8) is 0 Å². The number of hydrogen-bond donors (Lipinski definition) is 1. The molecule has 4 atom stereocenters. The Morgan fingerprint density at radius 3 is 2.42 bits per heavy atom. The fraction of sp³-hybridized carbons (Fsp3) is 0.444. The molecule has 1 aliphatic rings. The molecule has 6 heteroatoms. The smallest absolute Gasteiger partial charge is 0.341 e. The van der Waals surface area contributed by atoms with Gasteiger partial charge in [0.1, 0.15) is 5.75 Å². The Balaban J connectivity index is 2.10. The summed E-state index contributed by atoms with van der Waals surface area (Å²) in [6, 6.07) is 9.77. The Kier molecular flexibility index (Phi) is 8.15. The van der Waals surface area contributed by atoms with Crippen LogP contribution in [0.3, 0.4) is 0 Å². The average molecular weight is 491 g/mol. The molecule has 0 aliphatic carbocycles. The van der Waals surface area contributed by atoms with Gasteiger partial charge < -0.3 is 14.6 Å². The molecule has 178 valence electrons. The van der Waals surface area contributed by atoms with Crippen LogP contribution in [0.5, 0.6) is 5.75 Å². The van der Waals surface area contributed by atoms with E-state index in [-0.39, 0.29) is 30.0 Å². The molecule has 0 radical (unpaired) electrons. The lowest BCUT2D eigenvalue weighted by atomic mass is 9.72. The van der Waals surface area contributed by atoms with Crippen molar-refractivity contribution in [3.05, 3.63) is 74.8 Å². The molecule has 0 spiro atoms. The number of carboxylic acid groups (broad SMARTS) is 1. The first-order valence-electron chi connectivity index (χ1n) is 11.2. The maximum atomic E-state index is 11.2. The first-order chi connectivity index (χ1) is 15.5. The van der Waals surface area contributed by atoms with E-state index in [2.05, 4.69) is 32.6 Å². The van der Waals surface area contributed by atoms with Gasteiger partial charge in [-0.2, -0.15) is 0 Å². The summed E-state index contributed by atoms with van der Waals surface area (Å²) in [5.74, 6) is -0.102. The zero-order chi connectivity index (χ0) is 24.4. The van der Waals surface area contributed by atoms with Crippen molar-refractivity contribution in [3.8, 4) is 5.75 Å². The fourth-order valence-electron chi connectivity index (χ4n) is 4.83. The summed E-state index contributed by atoms with van der Waals surface area (Å²) >= 11 is 12.8. The van der Waals surface area contributed by atoms with Crippen molar-refractivity contribution < 1.29 is 19.4 Å². The van der Waals surface area contributed by atoms with Crippen LogP contribution in [0.15, 0.2) is 42.5 Å². The maximum Gasteiger partial charge on any atom is 0.341 e. The summed E-state index contributed by atoms with van der Waals surface area (Å²) < 4.78 is 12.6. The highest BCUT2D eigenvalue weighted by atomic mass is 35.5. The lowest BCUT2D eigenvalue weighted by Gasteiger charge is -2.45. The molecule has 1 fully saturated rings. The minimum Gasteiger partial charge on any atom is -0.482 e. The summed E-state index contributed by atoms with van der Waals surface area (Å²) in [5.41, 5.74) is 4.67. The number of aliphatic carboxylic acids is 1. The van der Waals surface area contributed by atoms with Gasteiger partial charge in [0, 0.05) is 27.4 Å². The largest absolute Gasteiger partial charge is 0.482 e. The lowest BCUT2D eigenvalue weighted by molar-refractivity contribution is -0.139. The Bertz CT molecular complexity index is 1030. The molecule has 0 unspecified atom stereocenters. The van der Waals surface area contributed by atoms with Crippen molar-refractivity contribution in [1.82, 2.24) is 0 Å². The summed E-state index contributed by atoms with van der Waals surface area (Å²) in [5, 5.41) is 10.5. The Labute approximate surface area is 206 Å². The maximum absolute atomic E-state index is 11.2. The molecule has 0 amide bonds. The van der Waals surface area contributed by atoms with Crippen LogP contribution in [-0.2, 0) is 9.53 Å². The van der Waals surface area contributed by atoms with Crippen LogP contribution in [0.2, 0.25) is 10.0 Å². The molecule has 1 aliphatic heterocycles. The lowest BCUT2D eigenvalue weighted by Crippen LogP contribution is -2.39. The van der Waals surface area contributed by atoms with Crippen molar-refractivity contribution in [1.29, 1.82) is 0 Å². The van der Waals surface area contributed by atoms with E-state index >= 15 is 0 Å². The van der Waals surface area contributed by atoms with Crippen LogP contribution < -0.4 is 4.74 Å². The van der Waals surface area contributed by atoms with Gasteiger partial charge in [-0.1, -0.05) is 61.3 Å². The minimum absolute atomic E-state index is 0.00493. The molecule has 33 heavy (non-hydrogen) atoms. The van der Waals surface area contributed by atoms with E-state index in [1.54, 1.807) is 0 Å². The van der Waals surface area contributed by atoms with E-state index in [9.17, 15) is 9.90 Å². The van der Waals surface area contributed by atoms with Crippen LogP contribution >= 0.6 is 23.2 Å². The zero-order valence-corrected chi connectivity index (χ0v) is 21.3. The summed E-state index contributed by atoms with van der Waals surface area (Å²) in [7, 11) is 0. The molecule has 1 N–H and O–H groups in total. The van der Waals surface area contributed by atoms with Gasteiger partial charge in [0.2, 0.25) is 0 Å². The van der Waals surface area contributed by atoms with Crippen LogP contribution in [-0.4, -0.2) is 23.8 Å². The monoisotopic (exact) mass is 490 g/mol. The predicted molar refractivity (Wildman–Crippen MR) is 134 cm³/mol. The van der Waals surface area contributed by atoms with Crippen LogP contribution in [0, 0.1) is 25.7 Å². The minimum atomic E-state index is -1.03. The van der Waals surface area contributed by atoms with Gasteiger partial charge in [0.15, 0.2) is 6.61 Å². The van der Waals surface area contributed by atoms with Gasteiger partial charge in [-0.25, -0.2) is 4.79 Å². The Morgan fingerprint density at radius 1 is 1.24 bits per heavy atom. The standard InChI is InChI=1S/C27H32Cl2O4/c1-14(2)20-12-21(18-7-9-19(28)10-8-18)26(15(3)4)33-27(20)24-17(6)25(29)16(5)11-22(24)32-13-23(30)31/h7-11,15,20-21,26-27H,1,12-13H2,2-6H3,(H,30,31)/t20-,21-,26+,27+/m0/s1. The second kappa shape index (κ2) is 10.5. The van der Waals surface area contributed by atoms with Gasteiger partial charge in [-0.15, -0.1) is 0 Å². The Morgan fingerprint density at radius 2 is 1.88 bits per heavy atom. The Hall–Kier alpha value is -2.01. The molecular formula is C27H32Cl2O4. The highest BCUT2D eigenvalue weighted by molar-refractivity contribution is 6.32. The van der Waals surface area contributed by atoms with Crippen molar-refractivity contribution in [2.24, 2.45) is 11.8 Å². The molecule has 0 bridgehead atoms. The number of halogens is 2. The molecule has 2 aromatic rings. The average Bonchev–Trinajstić information content (AvgIpc) is 2.75. The number of rotatable bonds is 7. The molecular weight excluding hydrogens is 459 g/mol. The highest BCUT2D eigenvalue weighted by Crippen LogP contribution is 2.51. The van der Waals surface area contributed by atoms with Crippen molar-refractivity contribution >= 4 is 29.2 Å². The van der Waals surface area contributed by atoms with Crippen molar-refractivity contribution in [2.45, 2.75) is 59.2 Å². The number of carboxylic acids is 1. The highest BCUT2D eigenvalue weighted by Gasteiger charge is 2.42. The number of ether oxygens (including phenoxy) is 2. The van der Waals surface area contributed by atoms with E-state index in [0.717, 1.165) is 28.7 Å². The quantitative estimate of drug-likeness (QED) is 0.407. The van der Waals surface area contributed by atoms with E-state index < -0.39 is 12.6 Å². The molecule has 1 heterocycles. The third kappa shape index (κ3) is 5.56. The van der Waals surface area contributed by atoms with Gasteiger partial charge in [0.25, 0.3) is 0 Å². The topological polar surface area (TPSA) is 55.8 Å². The van der Waals surface area contributed by atoms with Gasteiger partial charge in [0.05, 0.1) is 12.2 Å². The van der Waals surface area contributed by atoms with E-state index in [0.29, 0.717) is 15.8 Å². The van der Waals surface area contributed by atoms with E-state index in [4.69, 9.17) is 32.7 Å². The van der Waals surface area contributed by atoms with Crippen molar-refractivity contribution in [2.75, 3.05) is 6.61 Å². The van der Waals surface area contributed by atoms with Crippen LogP contribution in [0.1, 0.15) is 61.5 Å². The SMILES string of the molecule is C=C(C)[C@@H]1C[C@@H](c2ccc(Cl)cc2)[C@@H](C(C)C)O[C@H]1c1c(OCC(=O)O)cc(C)c(Cl)c1C. The number of hydrogen-bond acceptors (Lipinski definition) is 3. The number of carbonyl (C=O) groups is 1. The normalized spacial score (nSPS) is 22.9. The van der Waals surface area contributed by atoms with Gasteiger partial charge in [-0.3, -0.25) is 0 Å². The third-order valence-electron chi connectivity index (χ3n) is 6.49. The molecule has 0 saturated carbocycles. The fourth-order valence-corrected chi connectivity index (χ4v) is 5.11. The predicted octanol–water partition coefficient (Wildman–Crippen LogP) is 7.54. The van der Waals surface area contributed by atoms with E-state index in [1.807, 2.05) is 39.0 Å². The van der Waals surface area contributed by atoms with Crippen LogP contribution in [0.25, 0.3) is 0 Å². The first-order valence-corrected chi connectivity index (χ1v) is 12.0. The molecule has 4 nitrogen and oxygen atoms in total. The second-order valence-electron chi connectivity index (χ2n) is 9.34. The molecule has 1 saturated heterocycles. The second-order valence-corrected chi connectivity index (χ2v) is 10.2. The third-order valence-corrected chi connectivity index (χ3v) is 7.32. The first kappa shape index (κ1) is 25.6. The summed E-state index contributed by atoms with van der Waals surface area (Å²) in [6.07, 6.45) is 0.437. The van der Waals surface area contributed by atoms with E-state index in [1.165, 1.54) is 5.56 Å². The summed E-state index contributed by atoms with van der Waals surface area (Å²) in [6.45, 7) is 14.0. The zero-order valence-electron chi connectivity index (χ0n) is 19.8. The molecule has 2 aromatic carbocycles. The number of benzene rings is 2. The van der Waals surface area contributed by atoms with Crippen LogP contribution in [0.4, 0.5) is 0 Å². The van der Waals surface area contributed by atoms with Gasteiger partial charge in [-0.05, 0) is 68.0 Å². The number of aryl methyl sites for hydroxylation is 1.